The first-order chi connectivity index (χ1) is 10.3. The van der Waals surface area contributed by atoms with Crippen LogP contribution in [0.5, 0.6) is 0 Å². The van der Waals surface area contributed by atoms with Crippen LogP contribution in [-0.4, -0.2) is 57.6 Å². The fourth-order valence-electron chi connectivity index (χ4n) is 2.66. The lowest BCUT2D eigenvalue weighted by Gasteiger charge is -2.35. The number of likely N-dealkylation sites (tertiary alicyclic amines) is 1. The molecule has 2 rings (SSSR count). The molecule has 1 aliphatic rings. The van der Waals surface area contributed by atoms with Crippen LogP contribution in [0.15, 0.2) is 11.5 Å². The molecule has 1 amide bonds. The average Bonchev–Trinajstić information content (AvgIpc) is 2.97. The van der Waals surface area contributed by atoms with Crippen LogP contribution in [0.2, 0.25) is 0 Å². The minimum Gasteiger partial charge on any atom is -0.383 e. The van der Waals surface area contributed by atoms with Crippen LogP contribution < -0.4 is 0 Å². The van der Waals surface area contributed by atoms with Gasteiger partial charge in [-0.25, -0.2) is 0 Å². The molecule has 0 N–H and O–H groups in total. The van der Waals surface area contributed by atoms with E-state index in [1.807, 2.05) is 9.47 Å². The van der Waals surface area contributed by atoms with E-state index >= 15 is 0 Å². The highest BCUT2D eigenvalue weighted by atomic mass is 32.2. The first-order valence-corrected chi connectivity index (χ1v) is 8.53. The van der Waals surface area contributed by atoms with E-state index in [9.17, 15) is 4.79 Å². The molecule has 118 valence electrons. The Balaban J connectivity index is 1.87. The zero-order chi connectivity index (χ0) is 15.1. The van der Waals surface area contributed by atoms with Crippen molar-refractivity contribution in [1.82, 2.24) is 19.7 Å². The number of hydrogen-bond acceptors (Lipinski definition) is 5. The summed E-state index contributed by atoms with van der Waals surface area (Å²) >= 11 is 1.46. The van der Waals surface area contributed by atoms with Crippen molar-refractivity contribution < 1.29 is 9.53 Å². The molecule has 0 bridgehead atoms. The summed E-state index contributed by atoms with van der Waals surface area (Å²) in [7, 11) is 1.67. The lowest BCUT2D eigenvalue weighted by Crippen LogP contribution is -2.44. The number of piperidine rings is 1. The van der Waals surface area contributed by atoms with Gasteiger partial charge >= 0.3 is 0 Å². The first-order valence-electron chi connectivity index (χ1n) is 7.55. The second-order valence-corrected chi connectivity index (χ2v) is 6.18. The number of hydrogen-bond donors (Lipinski definition) is 0. The third kappa shape index (κ3) is 4.44. The SMILES string of the molecule is CCC1CCCCN1C(=O)CSc1nncn1CCOC. The van der Waals surface area contributed by atoms with Gasteiger partial charge in [0, 0.05) is 26.2 Å². The lowest BCUT2D eigenvalue weighted by atomic mass is 10.0. The summed E-state index contributed by atoms with van der Waals surface area (Å²) in [6.45, 7) is 4.38. The van der Waals surface area contributed by atoms with E-state index in [0.29, 0.717) is 24.9 Å². The fourth-order valence-corrected chi connectivity index (χ4v) is 3.49. The molecule has 1 saturated heterocycles. The van der Waals surface area contributed by atoms with E-state index in [-0.39, 0.29) is 5.91 Å². The maximum absolute atomic E-state index is 12.4. The second kappa shape index (κ2) is 8.38. The molecule has 1 atom stereocenters. The van der Waals surface area contributed by atoms with Gasteiger partial charge < -0.3 is 14.2 Å². The Labute approximate surface area is 130 Å². The largest absolute Gasteiger partial charge is 0.383 e. The Morgan fingerprint density at radius 3 is 3.14 bits per heavy atom. The Hall–Kier alpha value is -1.08. The van der Waals surface area contributed by atoms with Gasteiger partial charge in [-0.05, 0) is 25.7 Å². The molecule has 1 unspecified atom stereocenters. The zero-order valence-corrected chi connectivity index (χ0v) is 13.6. The van der Waals surface area contributed by atoms with Gasteiger partial charge in [-0.3, -0.25) is 4.79 Å². The molecule has 1 aromatic rings. The molecule has 2 heterocycles. The number of aromatic nitrogens is 3. The lowest BCUT2D eigenvalue weighted by molar-refractivity contribution is -0.132. The summed E-state index contributed by atoms with van der Waals surface area (Å²) in [5.41, 5.74) is 0. The van der Waals surface area contributed by atoms with Crippen LogP contribution in [0.4, 0.5) is 0 Å². The van der Waals surface area contributed by atoms with Gasteiger partial charge in [0.2, 0.25) is 5.91 Å². The van der Waals surface area contributed by atoms with Crippen molar-refractivity contribution in [1.29, 1.82) is 0 Å². The van der Waals surface area contributed by atoms with Gasteiger partial charge in [0.15, 0.2) is 5.16 Å². The van der Waals surface area contributed by atoms with Crippen molar-refractivity contribution in [3.05, 3.63) is 6.33 Å². The van der Waals surface area contributed by atoms with Crippen LogP contribution in [-0.2, 0) is 16.1 Å². The van der Waals surface area contributed by atoms with Crippen molar-refractivity contribution in [3.8, 4) is 0 Å². The van der Waals surface area contributed by atoms with E-state index in [0.717, 1.165) is 31.0 Å². The smallest absolute Gasteiger partial charge is 0.233 e. The minimum absolute atomic E-state index is 0.216. The number of carbonyl (C=O) groups is 1. The van der Waals surface area contributed by atoms with Gasteiger partial charge in [0.25, 0.3) is 0 Å². The molecule has 6 nitrogen and oxygen atoms in total. The van der Waals surface area contributed by atoms with E-state index < -0.39 is 0 Å². The van der Waals surface area contributed by atoms with Crippen LogP contribution in [0, 0.1) is 0 Å². The number of rotatable bonds is 7. The van der Waals surface area contributed by atoms with Crippen LogP contribution in [0.25, 0.3) is 0 Å². The van der Waals surface area contributed by atoms with E-state index in [4.69, 9.17) is 4.74 Å². The molecule has 0 aromatic carbocycles. The standard InChI is InChI=1S/C14H24N4O2S/c1-3-12-6-4-5-7-18(12)13(19)10-21-14-16-15-11-17(14)8-9-20-2/h11-12H,3-10H2,1-2H3. The van der Waals surface area contributed by atoms with Crippen LogP contribution >= 0.6 is 11.8 Å². The molecule has 0 aliphatic carbocycles. The normalized spacial score (nSPS) is 19.0. The molecular formula is C14H24N4O2S. The minimum atomic E-state index is 0.216. The molecule has 1 aliphatic heterocycles. The van der Waals surface area contributed by atoms with E-state index in [1.165, 1.54) is 18.2 Å². The molecule has 7 heteroatoms. The molecule has 1 aromatic heterocycles. The molecule has 0 spiro atoms. The van der Waals surface area contributed by atoms with Gasteiger partial charge in [0.05, 0.1) is 12.4 Å². The van der Waals surface area contributed by atoms with Gasteiger partial charge in [-0.2, -0.15) is 0 Å². The maximum Gasteiger partial charge on any atom is 0.233 e. The highest BCUT2D eigenvalue weighted by molar-refractivity contribution is 7.99. The summed E-state index contributed by atoms with van der Waals surface area (Å²) in [6, 6.07) is 0.415. The fraction of sp³-hybridized carbons (Fsp3) is 0.786. The summed E-state index contributed by atoms with van der Waals surface area (Å²) in [4.78, 5) is 14.5. The summed E-state index contributed by atoms with van der Waals surface area (Å²) in [6.07, 6.45) is 6.22. The van der Waals surface area contributed by atoms with Crippen LogP contribution in [0.3, 0.4) is 0 Å². The van der Waals surface area contributed by atoms with Crippen molar-refractivity contribution in [3.63, 3.8) is 0 Å². The van der Waals surface area contributed by atoms with Crippen molar-refractivity contribution >= 4 is 17.7 Å². The van der Waals surface area contributed by atoms with Gasteiger partial charge in [-0.15, -0.1) is 10.2 Å². The molecule has 21 heavy (non-hydrogen) atoms. The summed E-state index contributed by atoms with van der Waals surface area (Å²) < 4.78 is 6.98. The Morgan fingerprint density at radius 2 is 2.38 bits per heavy atom. The first kappa shape index (κ1) is 16.3. The third-order valence-corrected chi connectivity index (χ3v) is 4.83. The Morgan fingerprint density at radius 1 is 1.52 bits per heavy atom. The molecular weight excluding hydrogens is 288 g/mol. The average molecular weight is 312 g/mol. The Kier molecular flexibility index (Phi) is 6.50. The highest BCUT2D eigenvalue weighted by Gasteiger charge is 2.25. The summed E-state index contributed by atoms with van der Waals surface area (Å²) in [5, 5.41) is 8.77. The highest BCUT2D eigenvalue weighted by Crippen LogP contribution is 2.22. The number of amides is 1. The maximum atomic E-state index is 12.4. The topological polar surface area (TPSA) is 60.2 Å². The monoisotopic (exact) mass is 312 g/mol. The van der Waals surface area contributed by atoms with Crippen molar-refractivity contribution in [2.75, 3.05) is 26.0 Å². The van der Waals surface area contributed by atoms with Crippen molar-refractivity contribution in [2.24, 2.45) is 0 Å². The van der Waals surface area contributed by atoms with Gasteiger partial charge in [0.1, 0.15) is 6.33 Å². The molecule has 1 fully saturated rings. The van der Waals surface area contributed by atoms with Gasteiger partial charge in [-0.1, -0.05) is 18.7 Å². The van der Waals surface area contributed by atoms with E-state index in [1.54, 1.807) is 13.4 Å². The number of nitrogens with zero attached hydrogens (tertiary/aromatic N) is 4. The van der Waals surface area contributed by atoms with E-state index in [2.05, 4.69) is 17.1 Å². The molecule has 0 saturated carbocycles. The number of thioether (sulfide) groups is 1. The summed E-state index contributed by atoms with van der Waals surface area (Å²) in [5.74, 6) is 0.648. The second-order valence-electron chi connectivity index (χ2n) is 5.23. The predicted octanol–water partition coefficient (Wildman–Crippen LogP) is 1.81. The molecule has 0 radical (unpaired) electrons. The number of ether oxygens (including phenoxy) is 1. The number of carbonyl (C=O) groups excluding carboxylic acids is 1. The quantitative estimate of drug-likeness (QED) is 0.719. The third-order valence-electron chi connectivity index (χ3n) is 3.86. The van der Waals surface area contributed by atoms with Crippen LogP contribution in [0.1, 0.15) is 32.6 Å². The zero-order valence-electron chi connectivity index (χ0n) is 12.8. The van der Waals surface area contributed by atoms with Crippen molar-refractivity contribution in [2.45, 2.75) is 50.4 Å². The Bertz CT molecular complexity index is 452. The predicted molar refractivity (Wildman–Crippen MR) is 82.3 cm³/mol. The number of methoxy groups -OCH3 is 1.